The molecule has 1 heterocycles. The van der Waals surface area contributed by atoms with Crippen LogP contribution in [-0.4, -0.2) is 0 Å². The van der Waals surface area contributed by atoms with Gasteiger partial charge in [0.25, 0.3) is 0 Å². The number of thiophene rings is 1. The van der Waals surface area contributed by atoms with Crippen LogP contribution in [0, 0.1) is 6.92 Å². The van der Waals surface area contributed by atoms with Gasteiger partial charge in [-0.1, -0.05) is 30.3 Å². The second-order valence-electron chi connectivity index (χ2n) is 3.85. The summed E-state index contributed by atoms with van der Waals surface area (Å²) in [5.74, 6) is 0. The van der Waals surface area contributed by atoms with Gasteiger partial charge in [0, 0.05) is 20.3 Å². The summed E-state index contributed by atoms with van der Waals surface area (Å²) in [4.78, 5) is 2.53. The monoisotopic (exact) mass is 295 g/mol. The van der Waals surface area contributed by atoms with Gasteiger partial charge in [-0.05, 0) is 40.9 Å². The molecule has 0 saturated carbocycles. The molecule has 2 rings (SSSR count). The Balaban J connectivity index is 2.11. The van der Waals surface area contributed by atoms with E-state index in [1.807, 2.05) is 6.07 Å². The van der Waals surface area contributed by atoms with Gasteiger partial charge in [-0.25, -0.2) is 0 Å². The molecule has 1 nitrogen and oxygen atoms in total. The van der Waals surface area contributed by atoms with Gasteiger partial charge in [0.1, 0.15) is 0 Å². The molecule has 0 amide bonds. The third kappa shape index (κ3) is 2.73. The molecular weight excluding hydrogens is 282 g/mol. The summed E-state index contributed by atoms with van der Waals surface area (Å²) in [5.41, 5.74) is 7.49. The van der Waals surface area contributed by atoms with E-state index in [0.717, 1.165) is 10.9 Å². The van der Waals surface area contributed by atoms with E-state index in [2.05, 4.69) is 53.2 Å². The van der Waals surface area contributed by atoms with Crippen molar-refractivity contribution in [2.24, 2.45) is 5.73 Å². The van der Waals surface area contributed by atoms with Crippen molar-refractivity contribution >= 4 is 27.3 Å². The molecule has 1 aromatic carbocycles. The van der Waals surface area contributed by atoms with Crippen LogP contribution < -0.4 is 5.73 Å². The van der Waals surface area contributed by atoms with Crippen LogP contribution in [0.4, 0.5) is 0 Å². The Morgan fingerprint density at radius 1 is 1.31 bits per heavy atom. The predicted octanol–water partition coefficient (Wildman–Crippen LogP) is 4.06. The molecular formula is C13H14BrNS. The smallest absolute Gasteiger partial charge is 0.0431 e. The zero-order chi connectivity index (χ0) is 11.5. The lowest BCUT2D eigenvalue weighted by atomic mass is 10.1. The summed E-state index contributed by atoms with van der Waals surface area (Å²) in [6.45, 7) is 2.10. The van der Waals surface area contributed by atoms with Gasteiger partial charge in [-0.2, -0.15) is 0 Å². The highest BCUT2D eigenvalue weighted by molar-refractivity contribution is 9.10. The molecule has 84 valence electrons. The Hall–Kier alpha value is -0.640. The van der Waals surface area contributed by atoms with Gasteiger partial charge in [0.15, 0.2) is 0 Å². The Morgan fingerprint density at radius 3 is 2.56 bits per heavy atom. The lowest BCUT2D eigenvalue weighted by Crippen LogP contribution is -2.11. The summed E-state index contributed by atoms with van der Waals surface area (Å²) < 4.78 is 1.16. The molecule has 0 bridgehead atoms. The van der Waals surface area contributed by atoms with Crippen molar-refractivity contribution < 1.29 is 0 Å². The van der Waals surface area contributed by atoms with Crippen LogP contribution >= 0.6 is 27.3 Å². The molecule has 0 aliphatic rings. The van der Waals surface area contributed by atoms with Gasteiger partial charge in [-0.15, -0.1) is 11.3 Å². The molecule has 1 atom stereocenters. The molecule has 0 fully saturated rings. The lowest BCUT2D eigenvalue weighted by molar-refractivity contribution is 0.736. The molecule has 0 aliphatic carbocycles. The van der Waals surface area contributed by atoms with Crippen molar-refractivity contribution in [3.8, 4) is 0 Å². The third-order valence-electron chi connectivity index (χ3n) is 2.54. The van der Waals surface area contributed by atoms with Crippen molar-refractivity contribution in [2.45, 2.75) is 19.4 Å². The van der Waals surface area contributed by atoms with Crippen molar-refractivity contribution in [1.82, 2.24) is 0 Å². The fraction of sp³-hybridized carbons (Fsp3) is 0.231. The number of halogens is 1. The molecule has 16 heavy (non-hydrogen) atoms. The number of aryl methyl sites for hydroxylation is 1. The summed E-state index contributed by atoms with van der Waals surface area (Å²) in [6, 6.07) is 12.6. The third-order valence-corrected chi connectivity index (χ3v) is 4.81. The van der Waals surface area contributed by atoms with E-state index in [9.17, 15) is 0 Å². The number of nitrogens with two attached hydrogens (primary N) is 1. The minimum atomic E-state index is 0.0948. The van der Waals surface area contributed by atoms with E-state index in [-0.39, 0.29) is 6.04 Å². The van der Waals surface area contributed by atoms with Crippen molar-refractivity contribution in [3.63, 3.8) is 0 Å². The van der Waals surface area contributed by atoms with Crippen LogP contribution in [-0.2, 0) is 6.42 Å². The number of rotatable bonds is 3. The van der Waals surface area contributed by atoms with E-state index in [4.69, 9.17) is 5.73 Å². The zero-order valence-electron chi connectivity index (χ0n) is 9.11. The van der Waals surface area contributed by atoms with E-state index >= 15 is 0 Å². The zero-order valence-corrected chi connectivity index (χ0v) is 11.5. The van der Waals surface area contributed by atoms with Gasteiger partial charge < -0.3 is 5.73 Å². The van der Waals surface area contributed by atoms with Gasteiger partial charge in [0.2, 0.25) is 0 Å². The summed E-state index contributed by atoms with van der Waals surface area (Å²) in [6.07, 6.45) is 0.896. The first kappa shape index (κ1) is 11.8. The predicted molar refractivity (Wildman–Crippen MR) is 73.8 cm³/mol. The summed E-state index contributed by atoms with van der Waals surface area (Å²) >= 11 is 5.29. The van der Waals surface area contributed by atoms with Crippen LogP contribution in [0.15, 0.2) is 40.9 Å². The van der Waals surface area contributed by atoms with Crippen molar-refractivity contribution in [3.05, 3.63) is 56.2 Å². The maximum atomic E-state index is 6.20. The van der Waals surface area contributed by atoms with Gasteiger partial charge in [0.05, 0.1) is 0 Å². The first-order chi connectivity index (χ1) is 7.66. The molecule has 1 unspecified atom stereocenters. The molecule has 1 aromatic heterocycles. The van der Waals surface area contributed by atoms with Crippen LogP contribution in [0.3, 0.4) is 0 Å². The first-order valence-corrected chi connectivity index (χ1v) is 6.83. The van der Waals surface area contributed by atoms with Crippen LogP contribution in [0.5, 0.6) is 0 Å². The summed E-state index contributed by atoms with van der Waals surface area (Å²) in [5, 5.41) is 0. The highest BCUT2D eigenvalue weighted by Crippen LogP contribution is 2.30. The molecule has 0 saturated heterocycles. The van der Waals surface area contributed by atoms with Crippen molar-refractivity contribution in [2.75, 3.05) is 0 Å². The van der Waals surface area contributed by atoms with E-state index in [0.29, 0.717) is 0 Å². The highest BCUT2D eigenvalue weighted by atomic mass is 79.9. The molecule has 0 radical (unpaired) electrons. The largest absolute Gasteiger partial charge is 0.323 e. The number of hydrogen-bond acceptors (Lipinski definition) is 2. The topological polar surface area (TPSA) is 26.0 Å². The SMILES string of the molecule is Cc1sc(C(N)Cc2ccccc2)cc1Br. The first-order valence-electron chi connectivity index (χ1n) is 5.22. The minimum Gasteiger partial charge on any atom is -0.323 e. The lowest BCUT2D eigenvalue weighted by Gasteiger charge is -2.09. The quantitative estimate of drug-likeness (QED) is 0.908. The molecule has 3 heteroatoms. The summed E-state index contributed by atoms with van der Waals surface area (Å²) in [7, 11) is 0. The van der Waals surface area contributed by atoms with E-state index in [1.54, 1.807) is 11.3 Å². The maximum Gasteiger partial charge on any atom is 0.0431 e. The normalized spacial score (nSPS) is 12.7. The van der Waals surface area contributed by atoms with Crippen molar-refractivity contribution in [1.29, 1.82) is 0 Å². The molecule has 0 aliphatic heterocycles. The number of benzene rings is 1. The minimum absolute atomic E-state index is 0.0948. The average Bonchev–Trinajstić information content (AvgIpc) is 2.61. The Labute approximate surface area is 108 Å². The van der Waals surface area contributed by atoms with Crippen LogP contribution in [0.2, 0.25) is 0 Å². The molecule has 0 spiro atoms. The van der Waals surface area contributed by atoms with Crippen LogP contribution in [0.1, 0.15) is 21.4 Å². The van der Waals surface area contributed by atoms with E-state index < -0.39 is 0 Å². The Bertz CT molecular complexity index is 445. The fourth-order valence-electron chi connectivity index (χ4n) is 1.63. The second-order valence-corrected chi connectivity index (χ2v) is 5.99. The standard InChI is InChI=1S/C13H14BrNS/c1-9-11(14)8-13(16-9)12(15)7-10-5-3-2-4-6-10/h2-6,8,12H,7,15H2,1H3. The van der Waals surface area contributed by atoms with Gasteiger partial charge >= 0.3 is 0 Å². The Morgan fingerprint density at radius 2 is 2.00 bits per heavy atom. The Kier molecular flexibility index (Phi) is 3.79. The number of hydrogen-bond donors (Lipinski definition) is 1. The molecule has 2 N–H and O–H groups in total. The average molecular weight is 296 g/mol. The maximum absolute atomic E-state index is 6.20. The fourth-order valence-corrected chi connectivity index (χ4v) is 3.20. The highest BCUT2D eigenvalue weighted by Gasteiger charge is 2.11. The molecule has 2 aromatic rings. The second kappa shape index (κ2) is 5.13. The van der Waals surface area contributed by atoms with Gasteiger partial charge in [-0.3, -0.25) is 0 Å². The van der Waals surface area contributed by atoms with E-state index in [1.165, 1.54) is 15.3 Å². The van der Waals surface area contributed by atoms with Crippen LogP contribution in [0.25, 0.3) is 0 Å².